The van der Waals surface area contributed by atoms with E-state index in [1.54, 1.807) is 6.92 Å². The molecule has 0 aliphatic carbocycles. The number of aliphatic hydroxyl groups excluding tert-OH is 2. The minimum absolute atomic E-state index is 0.0615. The van der Waals surface area contributed by atoms with Gasteiger partial charge in [-0.25, -0.2) is 0 Å². The summed E-state index contributed by atoms with van der Waals surface area (Å²) >= 11 is 0. The molecular weight excluding hydrogens is 216 g/mol. The van der Waals surface area contributed by atoms with Gasteiger partial charge < -0.3 is 24.4 Å². The van der Waals surface area contributed by atoms with Crippen LogP contribution in [0.15, 0.2) is 12.3 Å². The molecule has 6 nitrogen and oxygen atoms in total. The van der Waals surface area contributed by atoms with Crippen LogP contribution in [0.3, 0.4) is 0 Å². The molecule has 0 radical (unpaired) electrons. The fraction of sp³-hybridized carbons (Fsp3) is 0.700. The van der Waals surface area contributed by atoms with E-state index in [9.17, 15) is 15.0 Å². The number of hydrogen-bond donors (Lipinski definition) is 2. The standard InChI is InChI=1S/C10H16O6/c1-4-14-10-8(13)7(12)9(5(2)15-10)16-6(3)11/h7-10,12-13H,2,4H2,1,3H3. The lowest BCUT2D eigenvalue weighted by atomic mass is 10.0. The van der Waals surface area contributed by atoms with Gasteiger partial charge in [-0.1, -0.05) is 6.58 Å². The van der Waals surface area contributed by atoms with Crippen molar-refractivity contribution in [3.05, 3.63) is 12.3 Å². The van der Waals surface area contributed by atoms with Gasteiger partial charge in [0.25, 0.3) is 0 Å². The zero-order valence-corrected chi connectivity index (χ0v) is 9.25. The van der Waals surface area contributed by atoms with Crippen molar-refractivity contribution in [1.29, 1.82) is 0 Å². The maximum Gasteiger partial charge on any atom is 0.303 e. The molecular formula is C10H16O6. The van der Waals surface area contributed by atoms with Crippen molar-refractivity contribution >= 4 is 5.97 Å². The average Bonchev–Trinajstić information content (AvgIpc) is 2.21. The van der Waals surface area contributed by atoms with E-state index in [0.717, 1.165) is 0 Å². The van der Waals surface area contributed by atoms with Crippen LogP contribution in [0.4, 0.5) is 0 Å². The Balaban J connectivity index is 2.71. The van der Waals surface area contributed by atoms with Crippen molar-refractivity contribution in [2.45, 2.75) is 38.4 Å². The number of ether oxygens (including phenoxy) is 3. The summed E-state index contributed by atoms with van der Waals surface area (Å²) in [5.74, 6) is -0.526. The van der Waals surface area contributed by atoms with Crippen LogP contribution in [0, 0.1) is 0 Å². The fourth-order valence-corrected chi connectivity index (χ4v) is 1.43. The van der Waals surface area contributed by atoms with E-state index < -0.39 is 30.6 Å². The van der Waals surface area contributed by atoms with Crippen molar-refractivity contribution in [2.24, 2.45) is 0 Å². The Morgan fingerprint density at radius 3 is 2.62 bits per heavy atom. The molecule has 0 aromatic rings. The van der Waals surface area contributed by atoms with Gasteiger partial charge in [0.15, 0.2) is 6.10 Å². The van der Waals surface area contributed by atoms with Crippen LogP contribution < -0.4 is 0 Å². The van der Waals surface area contributed by atoms with Gasteiger partial charge >= 0.3 is 5.97 Å². The first-order valence-corrected chi connectivity index (χ1v) is 4.97. The highest BCUT2D eigenvalue weighted by atomic mass is 16.7. The number of carbonyl (C=O) groups excluding carboxylic acids is 1. The van der Waals surface area contributed by atoms with Crippen LogP contribution in [-0.2, 0) is 19.0 Å². The summed E-state index contributed by atoms with van der Waals surface area (Å²) in [6.45, 7) is 6.76. The zero-order valence-electron chi connectivity index (χ0n) is 9.25. The first-order valence-electron chi connectivity index (χ1n) is 4.97. The summed E-state index contributed by atoms with van der Waals surface area (Å²) in [5.41, 5.74) is 0. The molecule has 1 heterocycles. The van der Waals surface area contributed by atoms with Crippen molar-refractivity contribution in [3.8, 4) is 0 Å². The quantitative estimate of drug-likeness (QED) is 0.641. The summed E-state index contributed by atoms with van der Waals surface area (Å²) in [6.07, 6.45) is -4.64. The van der Waals surface area contributed by atoms with Crippen molar-refractivity contribution in [1.82, 2.24) is 0 Å². The Morgan fingerprint density at radius 2 is 2.12 bits per heavy atom. The summed E-state index contributed by atoms with van der Waals surface area (Å²) in [5, 5.41) is 19.3. The lowest BCUT2D eigenvalue weighted by Crippen LogP contribution is -2.53. The molecule has 4 unspecified atom stereocenters. The molecule has 0 aromatic carbocycles. The Labute approximate surface area is 93.4 Å². The van der Waals surface area contributed by atoms with Crippen LogP contribution in [0.1, 0.15) is 13.8 Å². The summed E-state index contributed by atoms with van der Waals surface area (Å²) < 4.78 is 15.0. The Morgan fingerprint density at radius 1 is 1.50 bits per heavy atom. The molecule has 0 spiro atoms. The predicted octanol–water partition coefficient (Wildman–Crippen LogP) is -0.454. The van der Waals surface area contributed by atoms with Gasteiger partial charge in [0.2, 0.25) is 6.29 Å². The molecule has 0 saturated carbocycles. The Kier molecular flexibility index (Phi) is 4.28. The van der Waals surface area contributed by atoms with E-state index in [0.29, 0.717) is 6.61 Å². The SMILES string of the molecule is C=C1OC(OCC)C(O)C(O)C1OC(C)=O. The molecule has 0 bridgehead atoms. The highest BCUT2D eigenvalue weighted by Gasteiger charge is 2.43. The van der Waals surface area contributed by atoms with Crippen molar-refractivity contribution in [2.75, 3.05) is 6.61 Å². The Bertz CT molecular complexity index is 276. The first kappa shape index (κ1) is 13.0. The molecule has 1 aliphatic rings. The first-order chi connectivity index (χ1) is 7.47. The topological polar surface area (TPSA) is 85.2 Å². The average molecular weight is 232 g/mol. The molecule has 0 aromatic heterocycles. The van der Waals surface area contributed by atoms with Gasteiger partial charge in [0.05, 0.1) is 0 Å². The van der Waals surface area contributed by atoms with E-state index >= 15 is 0 Å². The molecule has 92 valence electrons. The minimum atomic E-state index is -1.30. The van der Waals surface area contributed by atoms with Gasteiger partial charge in [-0.05, 0) is 6.92 Å². The van der Waals surface area contributed by atoms with E-state index in [4.69, 9.17) is 14.2 Å². The lowest BCUT2D eigenvalue weighted by Gasteiger charge is -2.37. The van der Waals surface area contributed by atoms with E-state index in [2.05, 4.69) is 6.58 Å². The van der Waals surface area contributed by atoms with Crippen LogP contribution in [-0.4, -0.2) is 47.4 Å². The molecule has 2 N–H and O–H groups in total. The monoisotopic (exact) mass is 232 g/mol. The molecule has 16 heavy (non-hydrogen) atoms. The second-order valence-corrected chi connectivity index (χ2v) is 3.42. The zero-order chi connectivity index (χ0) is 12.3. The maximum atomic E-state index is 10.8. The van der Waals surface area contributed by atoms with Gasteiger partial charge in [-0.15, -0.1) is 0 Å². The largest absolute Gasteiger partial charge is 0.463 e. The number of hydrogen-bond acceptors (Lipinski definition) is 6. The third-order valence-corrected chi connectivity index (χ3v) is 2.15. The van der Waals surface area contributed by atoms with Crippen LogP contribution in [0.25, 0.3) is 0 Å². The van der Waals surface area contributed by atoms with Crippen molar-refractivity contribution < 1.29 is 29.2 Å². The maximum absolute atomic E-state index is 10.8. The number of rotatable bonds is 3. The van der Waals surface area contributed by atoms with Crippen molar-refractivity contribution in [3.63, 3.8) is 0 Å². The summed E-state index contributed by atoms with van der Waals surface area (Å²) in [7, 11) is 0. The molecule has 0 amide bonds. The van der Waals surface area contributed by atoms with E-state index in [1.165, 1.54) is 6.92 Å². The molecule has 6 heteroatoms. The third kappa shape index (κ3) is 2.72. The molecule has 1 aliphatic heterocycles. The second-order valence-electron chi connectivity index (χ2n) is 3.42. The van der Waals surface area contributed by atoms with Gasteiger partial charge in [0, 0.05) is 13.5 Å². The van der Waals surface area contributed by atoms with Gasteiger partial charge in [-0.3, -0.25) is 4.79 Å². The van der Waals surface area contributed by atoms with Crippen LogP contribution in [0.2, 0.25) is 0 Å². The predicted molar refractivity (Wildman–Crippen MR) is 53.2 cm³/mol. The Hall–Kier alpha value is -1.11. The molecule has 1 saturated heterocycles. The van der Waals surface area contributed by atoms with E-state index in [1.807, 2.05) is 0 Å². The summed E-state index contributed by atoms with van der Waals surface area (Å²) in [6, 6.07) is 0. The second kappa shape index (κ2) is 5.29. The van der Waals surface area contributed by atoms with E-state index in [-0.39, 0.29) is 5.76 Å². The van der Waals surface area contributed by atoms with Crippen LogP contribution >= 0.6 is 0 Å². The van der Waals surface area contributed by atoms with Gasteiger partial charge in [-0.2, -0.15) is 0 Å². The number of aliphatic hydroxyl groups is 2. The summed E-state index contributed by atoms with van der Waals surface area (Å²) in [4.78, 5) is 10.8. The van der Waals surface area contributed by atoms with Crippen LogP contribution in [0.5, 0.6) is 0 Å². The molecule has 1 rings (SSSR count). The number of carbonyl (C=O) groups is 1. The smallest absolute Gasteiger partial charge is 0.303 e. The highest BCUT2D eigenvalue weighted by molar-refractivity contribution is 5.66. The fourth-order valence-electron chi connectivity index (χ4n) is 1.43. The lowest BCUT2D eigenvalue weighted by molar-refractivity contribution is -0.246. The van der Waals surface area contributed by atoms with Gasteiger partial charge in [0.1, 0.15) is 18.0 Å². The third-order valence-electron chi connectivity index (χ3n) is 2.15. The molecule has 1 fully saturated rings. The number of esters is 1. The highest BCUT2D eigenvalue weighted by Crippen LogP contribution is 2.25. The minimum Gasteiger partial charge on any atom is -0.463 e. The normalized spacial score (nSPS) is 34.4. The molecule has 4 atom stereocenters.